The first-order chi connectivity index (χ1) is 8.46. The molecule has 1 fully saturated rings. The zero-order chi connectivity index (χ0) is 13.2. The van der Waals surface area contributed by atoms with E-state index in [4.69, 9.17) is 4.74 Å². The van der Waals surface area contributed by atoms with E-state index in [1.54, 1.807) is 6.07 Å². The van der Waals surface area contributed by atoms with Crippen LogP contribution in [0.1, 0.15) is 32.3 Å². The molecule has 1 atom stereocenters. The zero-order valence-electron chi connectivity index (χ0n) is 10.8. The predicted octanol–water partition coefficient (Wildman–Crippen LogP) is 3.64. The van der Waals surface area contributed by atoms with Crippen LogP contribution in [0.4, 0.5) is 4.39 Å². The van der Waals surface area contributed by atoms with Crippen molar-refractivity contribution >= 4 is 15.9 Å². The summed E-state index contributed by atoms with van der Waals surface area (Å²) in [4.78, 5) is 0. The molecule has 4 heteroatoms. The summed E-state index contributed by atoms with van der Waals surface area (Å²) in [5, 5.41) is 3.42. The Morgan fingerprint density at radius 2 is 2.28 bits per heavy atom. The molecular formula is C14H19BrFNO. The van der Waals surface area contributed by atoms with E-state index >= 15 is 0 Å². The molecule has 1 aliphatic heterocycles. The third kappa shape index (κ3) is 3.77. The highest BCUT2D eigenvalue weighted by molar-refractivity contribution is 9.10. The molecule has 1 heterocycles. The summed E-state index contributed by atoms with van der Waals surface area (Å²) in [6, 6.07) is 5.44. The van der Waals surface area contributed by atoms with Gasteiger partial charge in [-0.1, -0.05) is 15.9 Å². The van der Waals surface area contributed by atoms with Gasteiger partial charge in [0.05, 0.1) is 5.60 Å². The quantitative estimate of drug-likeness (QED) is 0.919. The van der Waals surface area contributed by atoms with Gasteiger partial charge in [-0.2, -0.15) is 0 Å². The van der Waals surface area contributed by atoms with Crippen LogP contribution in [-0.2, 0) is 11.3 Å². The highest BCUT2D eigenvalue weighted by Gasteiger charge is 2.28. The van der Waals surface area contributed by atoms with Crippen LogP contribution in [0.2, 0.25) is 0 Å². The molecule has 1 N–H and O–H groups in total. The molecule has 2 nitrogen and oxygen atoms in total. The Hall–Kier alpha value is -0.450. The van der Waals surface area contributed by atoms with Gasteiger partial charge in [-0.25, -0.2) is 4.39 Å². The van der Waals surface area contributed by atoms with Crippen LogP contribution in [-0.4, -0.2) is 18.2 Å². The van der Waals surface area contributed by atoms with Gasteiger partial charge >= 0.3 is 0 Å². The van der Waals surface area contributed by atoms with Crippen LogP contribution in [0.15, 0.2) is 22.7 Å². The van der Waals surface area contributed by atoms with E-state index < -0.39 is 0 Å². The first-order valence-electron chi connectivity index (χ1n) is 6.27. The highest BCUT2D eigenvalue weighted by Crippen LogP contribution is 2.24. The minimum Gasteiger partial charge on any atom is -0.375 e. The lowest BCUT2D eigenvalue weighted by molar-refractivity contribution is -0.0630. The number of hydrogen-bond donors (Lipinski definition) is 1. The molecular weight excluding hydrogens is 297 g/mol. The summed E-state index contributed by atoms with van der Waals surface area (Å²) in [6.07, 6.45) is 1.95. The van der Waals surface area contributed by atoms with Crippen molar-refractivity contribution in [3.05, 3.63) is 34.1 Å². The lowest BCUT2D eigenvalue weighted by Crippen LogP contribution is -2.43. The third-order valence-corrected chi connectivity index (χ3v) is 3.78. The molecule has 0 saturated carbocycles. The van der Waals surface area contributed by atoms with Gasteiger partial charge in [0.2, 0.25) is 0 Å². The summed E-state index contributed by atoms with van der Waals surface area (Å²) < 4.78 is 20.2. The minimum atomic E-state index is -0.156. The second-order valence-electron chi connectivity index (χ2n) is 5.41. The van der Waals surface area contributed by atoms with Gasteiger partial charge < -0.3 is 10.1 Å². The topological polar surface area (TPSA) is 21.3 Å². The average Bonchev–Trinajstić information content (AvgIpc) is 2.29. The molecule has 0 spiro atoms. The Morgan fingerprint density at radius 1 is 1.50 bits per heavy atom. The smallest absolute Gasteiger partial charge is 0.127 e. The monoisotopic (exact) mass is 315 g/mol. The number of benzene rings is 1. The van der Waals surface area contributed by atoms with Gasteiger partial charge in [-0.15, -0.1) is 0 Å². The summed E-state index contributed by atoms with van der Waals surface area (Å²) in [5.74, 6) is -0.156. The summed E-state index contributed by atoms with van der Waals surface area (Å²) >= 11 is 3.37. The largest absolute Gasteiger partial charge is 0.375 e. The molecule has 1 saturated heterocycles. The second kappa shape index (κ2) is 5.68. The van der Waals surface area contributed by atoms with E-state index in [0.717, 1.165) is 23.9 Å². The molecule has 1 aromatic rings. The number of rotatable bonds is 3. The predicted molar refractivity (Wildman–Crippen MR) is 74.0 cm³/mol. The molecule has 1 aliphatic rings. The van der Waals surface area contributed by atoms with Crippen LogP contribution < -0.4 is 5.32 Å². The van der Waals surface area contributed by atoms with E-state index in [0.29, 0.717) is 18.2 Å². The SMILES string of the molecule is CC1(C)CC(NCc2cc(Br)ccc2F)CCO1. The van der Waals surface area contributed by atoms with Crippen LogP contribution in [0.3, 0.4) is 0 Å². The molecule has 100 valence electrons. The van der Waals surface area contributed by atoms with Crippen molar-refractivity contribution in [3.63, 3.8) is 0 Å². The first kappa shape index (κ1) is 14.0. The van der Waals surface area contributed by atoms with Crippen LogP contribution in [0.5, 0.6) is 0 Å². The average molecular weight is 316 g/mol. The zero-order valence-corrected chi connectivity index (χ0v) is 12.4. The van der Waals surface area contributed by atoms with Crippen molar-refractivity contribution in [2.45, 2.75) is 44.9 Å². The minimum absolute atomic E-state index is 0.0776. The Labute approximate surface area is 116 Å². The molecule has 0 radical (unpaired) electrons. The molecule has 2 rings (SSSR count). The van der Waals surface area contributed by atoms with Crippen LogP contribution in [0.25, 0.3) is 0 Å². The van der Waals surface area contributed by atoms with E-state index in [1.807, 2.05) is 6.07 Å². The van der Waals surface area contributed by atoms with Gasteiger partial charge in [0.25, 0.3) is 0 Å². The van der Waals surface area contributed by atoms with Gasteiger partial charge in [0.1, 0.15) is 5.82 Å². The normalized spacial score (nSPS) is 23.0. The molecule has 0 aliphatic carbocycles. The van der Waals surface area contributed by atoms with Crippen molar-refractivity contribution in [1.82, 2.24) is 5.32 Å². The van der Waals surface area contributed by atoms with Gasteiger partial charge in [-0.05, 0) is 44.9 Å². The van der Waals surface area contributed by atoms with Gasteiger partial charge in [-0.3, -0.25) is 0 Å². The Morgan fingerprint density at radius 3 is 3.00 bits per heavy atom. The molecule has 0 aromatic heterocycles. The van der Waals surface area contributed by atoms with Crippen LogP contribution >= 0.6 is 15.9 Å². The number of hydrogen-bond acceptors (Lipinski definition) is 2. The second-order valence-corrected chi connectivity index (χ2v) is 6.33. The maximum Gasteiger partial charge on any atom is 0.127 e. The fourth-order valence-corrected chi connectivity index (χ4v) is 2.75. The lowest BCUT2D eigenvalue weighted by Gasteiger charge is -2.36. The summed E-state index contributed by atoms with van der Waals surface area (Å²) in [5.41, 5.74) is 0.625. The molecule has 18 heavy (non-hydrogen) atoms. The van der Waals surface area contributed by atoms with E-state index in [-0.39, 0.29) is 11.4 Å². The van der Waals surface area contributed by atoms with E-state index in [2.05, 4.69) is 35.1 Å². The van der Waals surface area contributed by atoms with E-state index in [9.17, 15) is 4.39 Å². The highest BCUT2D eigenvalue weighted by atomic mass is 79.9. The fourth-order valence-electron chi connectivity index (χ4n) is 2.34. The van der Waals surface area contributed by atoms with Crippen molar-refractivity contribution in [2.75, 3.05) is 6.61 Å². The molecule has 1 aromatic carbocycles. The number of nitrogens with one attached hydrogen (secondary N) is 1. The van der Waals surface area contributed by atoms with Gasteiger partial charge in [0, 0.05) is 29.2 Å². The maximum atomic E-state index is 13.6. The standard InChI is InChI=1S/C14H19BrFNO/c1-14(2)8-12(5-6-18-14)17-9-10-7-11(15)3-4-13(10)16/h3-4,7,12,17H,5-6,8-9H2,1-2H3. The maximum absolute atomic E-state index is 13.6. The van der Waals surface area contributed by atoms with Crippen molar-refractivity contribution in [2.24, 2.45) is 0 Å². The third-order valence-electron chi connectivity index (χ3n) is 3.29. The molecule has 0 bridgehead atoms. The Kier molecular flexibility index (Phi) is 4.41. The molecule has 0 amide bonds. The summed E-state index contributed by atoms with van der Waals surface area (Å²) in [6.45, 7) is 5.53. The summed E-state index contributed by atoms with van der Waals surface area (Å²) in [7, 11) is 0. The fraction of sp³-hybridized carbons (Fsp3) is 0.571. The molecule has 1 unspecified atom stereocenters. The van der Waals surface area contributed by atoms with E-state index in [1.165, 1.54) is 6.07 Å². The number of ether oxygens (including phenoxy) is 1. The Bertz CT molecular complexity index is 422. The van der Waals surface area contributed by atoms with Crippen LogP contribution in [0, 0.1) is 5.82 Å². The Balaban J connectivity index is 1.93. The van der Waals surface area contributed by atoms with Crippen molar-refractivity contribution < 1.29 is 9.13 Å². The number of halogens is 2. The van der Waals surface area contributed by atoms with Gasteiger partial charge in [0.15, 0.2) is 0 Å². The lowest BCUT2D eigenvalue weighted by atomic mass is 9.94. The van der Waals surface area contributed by atoms with Crippen molar-refractivity contribution in [1.29, 1.82) is 0 Å². The van der Waals surface area contributed by atoms with Crippen molar-refractivity contribution in [3.8, 4) is 0 Å². The first-order valence-corrected chi connectivity index (χ1v) is 7.07.